The third kappa shape index (κ3) is 3.21. The topological polar surface area (TPSA) is 109 Å². The SMILES string of the molecule is CCC1(NC(=O)O)CCN(c2cccnc2[N+](=O)[O-])CC1. The predicted octanol–water partition coefficient (Wildman–Crippen LogP) is 2.01. The minimum Gasteiger partial charge on any atom is -0.465 e. The molecule has 1 aromatic heterocycles. The van der Waals surface area contributed by atoms with Gasteiger partial charge in [0, 0.05) is 18.6 Å². The largest absolute Gasteiger partial charge is 0.465 e. The van der Waals surface area contributed by atoms with Gasteiger partial charge in [0.25, 0.3) is 0 Å². The predicted molar refractivity (Wildman–Crippen MR) is 76.5 cm³/mol. The fraction of sp³-hybridized carbons (Fsp3) is 0.538. The Morgan fingerprint density at radius 1 is 1.57 bits per heavy atom. The third-order valence-electron chi connectivity index (χ3n) is 4.05. The molecule has 1 saturated heterocycles. The van der Waals surface area contributed by atoms with Gasteiger partial charge >= 0.3 is 11.9 Å². The van der Waals surface area contributed by atoms with Crippen molar-refractivity contribution >= 4 is 17.6 Å². The Hall–Kier alpha value is -2.38. The van der Waals surface area contributed by atoms with Crippen molar-refractivity contribution in [2.75, 3.05) is 18.0 Å². The Bertz CT molecular complexity index is 541. The monoisotopic (exact) mass is 294 g/mol. The molecule has 8 heteroatoms. The van der Waals surface area contributed by atoms with E-state index < -0.39 is 16.6 Å². The molecule has 2 heterocycles. The van der Waals surface area contributed by atoms with Gasteiger partial charge in [0.1, 0.15) is 11.9 Å². The van der Waals surface area contributed by atoms with Crippen LogP contribution in [0.5, 0.6) is 0 Å². The highest BCUT2D eigenvalue weighted by atomic mass is 16.6. The molecule has 21 heavy (non-hydrogen) atoms. The van der Waals surface area contributed by atoms with Crippen LogP contribution in [0.25, 0.3) is 0 Å². The lowest BCUT2D eigenvalue weighted by molar-refractivity contribution is -0.388. The van der Waals surface area contributed by atoms with Gasteiger partial charge in [-0.3, -0.25) is 0 Å². The van der Waals surface area contributed by atoms with E-state index in [1.54, 1.807) is 12.1 Å². The van der Waals surface area contributed by atoms with E-state index in [1.165, 1.54) is 6.20 Å². The molecule has 0 spiro atoms. The van der Waals surface area contributed by atoms with Crippen LogP contribution in [-0.4, -0.2) is 39.7 Å². The molecule has 0 aromatic carbocycles. The minimum absolute atomic E-state index is 0.160. The molecule has 114 valence electrons. The molecule has 1 aromatic rings. The number of rotatable bonds is 4. The van der Waals surface area contributed by atoms with Crippen LogP contribution in [-0.2, 0) is 0 Å². The average Bonchev–Trinajstić information content (AvgIpc) is 2.47. The number of nitrogens with one attached hydrogen (secondary N) is 1. The van der Waals surface area contributed by atoms with Crippen molar-refractivity contribution in [1.82, 2.24) is 10.3 Å². The highest BCUT2D eigenvalue weighted by molar-refractivity contribution is 5.66. The van der Waals surface area contributed by atoms with Gasteiger partial charge in [-0.05, 0) is 41.3 Å². The van der Waals surface area contributed by atoms with Crippen LogP contribution < -0.4 is 10.2 Å². The fourth-order valence-corrected chi connectivity index (χ4v) is 2.75. The molecule has 8 nitrogen and oxygen atoms in total. The lowest BCUT2D eigenvalue weighted by Gasteiger charge is -2.41. The molecule has 1 aliphatic heterocycles. The minimum atomic E-state index is -1.03. The van der Waals surface area contributed by atoms with Crippen LogP contribution in [0.4, 0.5) is 16.3 Å². The first-order chi connectivity index (χ1) is 9.97. The molecule has 0 bridgehead atoms. The number of hydrogen-bond donors (Lipinski definition) is 2. The molecule has 0 unspecified atom stereocenters. The number of aromatic nitrogens is 1. The number of carbonyl (C=O) groups is 1. The summed E-state index contributed by atoms with van der Waals surface area (Å²) in [6, 6.07) is 3.34. The molecule has 2 N–H and O–H groups in total. The van der Waals surface area contributed by atoms with Crippen molar-refractivity contribution in [3.63, 3.8) is 0 Å². The Morgan fingerprint density at radius 3 is 2.76 bits per heavy atom. The van der Waals surface area contributed by atoms with E-state index >= 15 is 0 Å². The summed E-state index contributed by atoms with van der Waals surface area (Å²) in [5.41, 5.74) is 0.0433. The standard InChI is InChI=1S/C13H18N4O4/c1-2-13(15-12(18)19)5-8-16(9-6-13)10-4-3-7-14-11(10)17(20)21/h3-4,7,15H,2,5-6,8-9H2,1H3,(H,18,19). The summed E-state index contributed by atoms with van der Waals surface area (Å²) in [6.07, 6.45) is 2.29. The fourth-order valence-electron chi connectivity index (χ4n) is 2.75. The molecule has 1 aliphatic rings. The van der Waals surface area contributed by atoms with Gasteiger partial charge < -0.3 is 25.4 Å². The van der Waals surface area contributed by atoms with Crippen molar-refractivity contribution in [2.24, 2.45) is 0 Å². The number of nitro groups is 1. The van der Waals surface area contributed by atoms with E-state index in [0.29, 0.717) is 38.0 Å². The number of anilines is 1. The Balaban J connectivity index is 2.14. The van der Waals surface area contributed by atoms with Crippen molar-refractivity contribution in [1.29, 1.82) is 0 Å². The first-order valence-electron chi connectivity index (χ1n) is 6.83. The normalized spacial score (nSPS) is 17.3. The van der Waals surface area contributed by atoms with Gasteiger partial charge in [-0.25, -0.2) is 4.79 Å². The van der Waals surface area contributed by atoms with Crippen LogP contribution >= 0.6 is 0 Å². The van der Waals surface area contributed by atoms with Gasteiger partial charge in [-0.2, -0.15) is 0 Å². The highest BCUT2D eigenvalue weighted by Crippen LogP contribution is 2.32. The summed E-state index contributed by atoms with van der Waals surface area (Å²) in [7, 11) is 0. The Labute approximate surface area is 121 Å². The van der Waals surface area contributed by atoms with Crippen molar-refractivity contribution < 1.29 is 14.8 Å². The number of hydrogen-bond acceptors (Lipinski definition) is 5. The average molecular weight is 294 g/mol. The molecule has 1 amide bonds. The smallest absolute Gasteiger partial charge is 0.405 e. The third-order valence-corrected chi connectivity index (χ3v) is 4.05. The molecule has 0 saturated carbocycles. The summed E-state index contributed by atoms with van der Waals surface area (Å²) in [6.45, 7) is 3.05. The van der Waals surface area contributed by atoms with Gasteiger partial charge in [0.05, 0.1) is 0 Å². The van der Waals surface area contributed by atoms with Gasteiger partial charge in [-0.1, -0.05) is 6.92 Å². The van der Waals surface area contributed by atoms with Crippen molar-refractivity contribution in [2.45, 2.75) is 31.7 Å². The number of pyridine rings is 1. The molecule has 1 fully saturated rings. The lowest BCUT2D eigenvalue weighted by Crippen LogP contribution is -2.54. The van der Waals surface area contributed by atoms with Gasteiger partial charge in [0.15, 0.2) is 0 Å². The van der Waals surface area contributed by atoms with Gasteiger partial charge in [0.2, 0.25) is 0 Å². The summed E-state index contributed by atoms with van der Waals surface area (Å²) < 4.78 is 0. The first kappa shape index (κ1) is 15.0. The van der Waals surface area contributed by atoms with E-state index in [1.807, 2.05) is 11.8 Å². The maximum absolute atomic E-state index is 11.0. The number of amides is 1. The Morgan fingerprint density at radius 2 is 2.24 bits per heavy atom. The van der Waals surface area contributed by atoms with Crippen LogP contribution in [0, 0.1) is 10.1 Å². The number of carboxylic acid groups (broad SMARTS) is 1. The second-order valence-corrected chi connectivity index (χ2v) is 5.15. The summed E-state index contributed by atoms with van der Waals surface area (Å²) >= 11 is 0. The lowest BCUT2D eigenvalue weighted by atomic mass is 9.85. The maximum atomic E-state index is 11.0. The number of nitrogens with zero attached hydrogens (tertiary/aromatic N) is 3. The zero-order valence-corrected chi connectivity index (χ0v) is 11.8. The zero-order valence-electron chi connectivity index (χ0n) is 11.8. The summed E-state index contributed by atoms with van der Waals surface area (Å²) in [5.74, 6) is -0.160. The van der Waals surface area contributed by atoms with Crippen LogP contribution in [0.3, 0.4) is 0 Å². The second kappa shape index (κ2) is 5.94. The van der Waals surface area contributed by atoms with E-state index in [9.17, 15) is 14.9 Å². The van der Waals surface area contributed by atoms with Crippen LogP contribution in [0.15, 0.2) is 18.3 Å². The molecule has 0 aliphatic carbocycles. The first-order valence-corrected chi connectivity index (χ1v) is 6.83. The van der Waals surface area contributed by atoms with Crippen molar-refractivity contribution in [3.8, 4) is 0 Å². The van der Waals surface area contributed by atoms with E-state index in [0.717, 1.165) is 0 Å². The summed E-state index contributed by atoms with van der Waals surface area (Å²) in [5, 5.41) is 22.6. The molecular weight excluding hydrogens is 276 g/mol. The maximum Gasteiger partial charge on any atom is 0.405 e. The van der Waals surface area contributed by atoms with E-state index in [4.69, 9.17) is 5.11 Å². The zero-order chi connectivity index (χ0) is 15.5. The van der Waals surface area contributed by atoms with Crippen LogP contribution in [0.2, 0.25) is 0 Å². The molecule has 0 atom stereocenters. The van der Waals surface area contributed by atoms with E-state index in [-0.39, 0.29) is 5.82 Å². The summed E-state index contributed by atoms with van der Waals surface area (Å²) in [4.78, 5) is 27.1. The molecule has 2 rings (SSSR count). The van der Waals surface area contributed by atoms with E-state index in [2.05, 4.69) is 10.3 Å². The molecule has 0 radical (unpaired) electrons. The quantitative estimate of drug-likeness (QED) is 0.649. The van der Waals surface area contributed by atoms with Crippen molar-refractivity contribution in [3.05, 3.63) is 28.4 Å². The molecular formula is C13H18N4O4. The highest BCUT2D eigenvalue weighted by Gasteiger charge is 2.36. The second-order valence-electron chi connectivity index (χ2n) is 5.15. The Kier molecular flexibility index (Phi) is 4.25. The number of piperidine rings is 1. The van der Waals surface area contributed by atoms with Gasteiger partial charge in [-0.15, -0.1) is 0 Å². The van der Waals surface area contributed by atoms with Crippen LogP contribution in [0.1, 0.15) is 26.2 Å².